The Morgan fingerprint density at radius 3 is 1.65 bits per heavy atom. The first-order valence-corrected chi connectivity index (χ1v) is 24.6. The lowest BCUT2D eigenvalue weighted by Crippen LogP contribution is -2.66. The van der Waals surface area contributed by atoms with Crippen LogP contribution in [0.1, 0.15) is 248 Å². The summed E-state index contributed by atoms with van der Waals surface area (Å²) in [5, 5.41) is 0. The fourth-order valence-corrected chi connectivity index (χ4v) is 15.2. The maximum Gasteiger partial charge on any atom is 0.306 e. The van der Waals surface area contributed by atoms with Crippen LogP contribution in [0.3, 0.4) is 0 Å². The highest BCUT2D eigenvalue weighted by molar-refractivity contribution is 5.69. The molecule has 0 N–H and O–H groups in total. The molecule has 10 unspecified atom stereocenters. The van der Waals surface area contributed by atoms with Gasteiger partial charge in [-0.2, -0.15) is 0 Å². The minimum absolute atomic E-state index is 0.0386. The van der Waals surface area contributed by atoms with Crippen LogP contribution in [0.25, 0.3) is 0 Å². The summed E-state index contributed by atoms with van der Waals surface area (Å²) in [4.78, 5) is 13.3. The van der Waals surface area contributed by atoms with Gasteiger partial charge in [0.15, 0.2) is 0 Å². The van der Waals surface area contributed by atoms with Crippen LogP contribution in [0.2, 0.25) is 0 Å². The van der Waals surface area contributed by atoms with Gasteiger partial charge in [-0.1, -0.05) is 176 Å². The monoisotopic (exact) mass is 749 g/mol. The van der Waals surface area contributed by atoms with E-state index in [-0.39, 0.29) is 17.5 Å². The highest BCUT2D eigenvalue weighted by atomic mass is 16.5. The number of ether oxygens (including phenoxy) is 1. The minimum Gasteiger partial charge on any atom is -0.462 e. The number of esters is 1. The second-order valence-corrected chi connectivity index (χ2v) is 22.3. The summed E-state index contributed by atoms with van der Waals surface area (Å²) in [6.07, 6.45) is 40.3. The Balaban J connectivity index is 0.982. The molecule has 0 amide bonds. The van der Waals surface area contributed by atoms with E-state index in [1.54, 1.807) is 0 Å². The summed E-state index contributed by atoms with van der Waals surface area (Å²) in [5.74, 6) is 3.89. The molecule has 5 aliphatic carbocycles. The normalized spacial score (nSPS) is 38.2. The van der Waals surface area contributed by atoms with E-state index < -0.39 is 0 Å². The standard InChI is InChI=1S/C52H92O2/c1-10-11-12-13-14-15-16-17-18-19-20-21-22-23-24-25-26-27-28-29-46(53)54-45-34-36-50(7)43(48(45,4)5)33-37-52(9)44(50)31-30-42-47-41(40(2)3)32-35-49(47,6)38-39-51(42,52)8/h41-45,47H,2,10-39H2,1,3-9H3. The first kappa shape index (κ1) is 44.3. The van der Waals surface area contributed by atoms with Crippen LogP contribution < -0.4 is 0 Å². The molecule has 0 spiro atoms. The average Bonchev–Trinajstić information content (AvgIpc) is 3.48. The van der Waals surface area contributed by atoms with Crippen molar-refractivity contribution in [1.82, 2.24) is 0 Å². The number of fused-ring (bicyclic) bond motifs is 7. The van der Waals surface area contributed by atoms with Gasteiger partial charge in [-0.15, -0.1) is 0 Å². The summed E-state index contributed by atoms with van der Waals surface area (Å²) in [7, 11) is 0. The molecule has 5 rings (SSSR count). The zero-order valence-electron chi connectivity index (χ0n) is 37.7. The second kappa shape index (κ2) is 19.3. The molecule has 0 aromatic carbocycles. The van der Waals surface area contributed by atoms with Crippen LogP contribution in [0.4, 0.5) is 0 Å². The molecule has 2 heteroatoms. The third-order valence-corrected chi connectivity index (χ3v) is 18.7. The molecular weight excluding hydrogens is 657 g/mol. The van der Waals surface area contributed by atoms with Crippen molar-refractivity contribution in [3.63, 3.8) is 0 Å². The fraction of sp³-hybridized carbons (Fsp3) is 0.942. The molecule has 0 bridgehead atoms. The van der Waals surface area contributed by atoms with Crippen molar-refractivity contribution in [2.45, 2.75) is 254 Å². The van der Waals surface area contributed by atoms with Gasteiger partial charge >= 0.3 is 5.97 Å². The van der Waals surface area contributed by atoms with E-state index in [0.717, 1.165) is 36.5 Å². The van der Waals surface area contributed by atoms with Crippen molar-refractivity contribution >= 4 is 5.97 Å². The van der Waals surface area contributed by atoms with E-state index in [9.17, 15) is 4.79 Å². The van der Waals surface area contributed by atoms with Crippen molar-refractivity contribution in [3.8, 4) is 0 Å². The smallest absolute Gasteiger partial charge is 0.306 e. The molecule has 0 aromatic heterocycles. The first-order valence-electron chi connectivity index (χ1n) is 24.6. The van der Waals surface area contributed by atoms with Crippen molar-refractivity contribution in [2.75, 3.05) is 0 Å². The molecule has 0 aromatic rings. The minimum atomic E-state index is 0.0386. The molecular formula is C52H92O2. The van der Waals surface area contributed by atoms with Crippen LogP contribution in [0.5, 0.6) is 0 Å². The first-order chi connectivity index (χ1) is 25.7. The SMILES string of the molecule is C=C(C)C1CCC2(C)CCC3(C)C(CCC4C5(C)CCC(OC(=O)CCCCCCCCCCCCCCCCCCCCC)C(C)(C)C5CCC43C)C12. The summed E-state index contributed by atoms with van der Waals surface area (Å²) in [6.45, 7) is 25.0. The number of hydrogen-bond acceptors (Lipinski definition) is 2. The second-order valence-electron chi connectivity index (χ2n) is 22.3. The van der Waals surface area contributed by atoms with E-state index in [1.165, 1.54) is 179 Å². The van der Waals surface area contributed by atoms with Gasteiger partial charge in [-0.3, -0.25) is 4.79 Å². The van der Waals surface area contributed by atoms with E-state index in [1.807, 2.05) is 0 Å². The Kier molecular flexibility index (Phi) is 15.8. The summed E-state index contributed by atoms with van der Waals surface area (Å²) < 4.78 is 6.45. The lowest BCUT2D eigenvalue weighted by molar-refractivity contribution is -0.249. The van der Waals surface area contributed by atoms with Crippen molar-refractivity contribution in [1.29, 1.82) is 0 Å². The molecule has 54 heavy (non-hydrogen) atoms. The van der Waals surface area contributed by atoms with Crippen LogP contribution >= 0.6 is 0 Å². The largest absolute Gasteiger partial charge is 0.462 e. The van der Waals surface area contributed by atoms with Gasteiger partial charge < -0.3 is 4.74 Å². The van der Waals surface area contributed by atoms with Crippen molar-refractivity contribution < 1.29 is 9.53 Å². The number of hydrogen-bond donors (Lipinski definition) is 0. The highest BCUT2D eigenvalue weighted by Gasteiger charge is 2.70. The van der Waals surface area contributed by atoms with E-state index >= 15 is 0 Å². The van der Waals surface area contributed by atoms with Crippen LogP contribution in [-0.4, -0.2) is 12.1 Å². The van der Waals surface area contributed by atoms with Gasteiger partial charge in [0, 0.05) is 11.8 Å². The van der Waals surface area contributed by atoms with Gasteiger partial charge in [0.25, 0.3) is 0 Å². The van der Waals surface area contributed by atoms with Crippen LogP contribution in [-0.2, 0) is 9.53 Å². The highest BCUT2D eigenvalue weighted by Crippen LogP contribution is 2.77. The Hall–Kier alpha value is -0.790. The average molecular weight is 749 g/mol. The molecule has 5 aliphatic rings. The number of carbonyl (C=O) groups excluding carboxylic acids is 1. The zero-order chi connectivity index (χ0) is 39.0. The Morgan fingerprint density at radius 1 is 0.574 bits per heavy atom. The molecule has 0 heterocycles. The van der Waals surface area contributed by atoms with Crippen LogP contribution in [0, 0.1) is 56.7 Å². The molecule has 0 radical (unpaired) electrons. The Bertz CT molecular complexity index is 1180. The van der Waals surface area contributed by atoms with Crippen LogP contribution in [0.15, 0.2) is 12.2 Å². The van der Waals surface area contributed by atoms with Gasteiger partial charge in [-0.05, 0) is 129 Å². The lowest BCUT2D eigenvalue weighted by Gasteiger charge is -2.73. The van der Waals surface area contributed by atoms with E-state index in [2.05, 4.69) is 62.0 Å². The molecule has 5 fully saturated rings. The van der Waals surface area contributed by atoms with E-state index in [4.69, 9.17) is 4.74 Å². The predicted octanol–water partition coefficient (Wildman–Crippen LogP) is 16.4. The third kappa shape index (κ3) is 9.40. The third-order valence-electron chi connectivity index (χ3n) is 18.7. The fourth-order valence-electron chi connectivity index (χ4n) is 15.2. The Labute approximate surface area is 337 Å². The predicted molar refractivity (Wildman–Crippen MR) is 233 cm³/mol. The molecule has 10 atom stereocenters. The molecule has 0 aliphatic heterocycles. The number of carbonyl (C=O) groups is 1. The van der Waals surface area contributed by atoms with Gasteiger partial charge in [-0.25, -0.2) is 0 Å². The lowest BCUT2D eigenvalue weighted by atomic mass is 9.32. The number of unbranched alkanes of at least 4 members (excludes halogenated alkanes) is 18. The topological polar surface area (TPSA) is 26.3 Å². The Morgan fingerprint density at radius 2 is 1.11 bits per heavy atom. The molecule has 0 saturated heterocycles. The van der Waals surface area contributed by atoms with Gasteiger partial charge in [0.2, 0.25) is 0 Å². The maximum absolute atomic E-state index is 13.3. The van der Waals surface area contributed by atoms with E-state index in [0.29, 0.717) is 34.0 Å². The number of allylic oxidation sites excluding steroid dienone is 1. The summed E-state index contributed by atoms with van der Waals surface area (Å²) in [5.41, 5.74) is 3.18. The van der Waals surface area contributed by atoms with Crippen molar-refractivity contribution in [2.24, 2.45) is 56.7 Å². The molecule has 312 valence electrons. The number of rotatable bonds is 22. The van der Waals surface area contributed by atoms with Gasteiger partial charge in [0.1, 0.15) is 6.10 Å². The quantitative estimate of drug-likeness (QED) is 0.0626. The van der Waals surface area contributed by atoms with Crippen molar-refractivity contribution in [3.05, 3.63) is 12.2 Å². The summed E-state index contributed by atoms with van der Waals surface area (Å²) in [6, 6.07) is 0. The molecule has 2 nitrogen and oxygen atoms in total. The maximum atomic E-state index is 13.3. The van der Waals surface area contributed by atoms with Gasteiger partial charge in [0.05, 0.1) is 0 Å². The summed E-state index contributed by atoms with van der Waals surface area (Å²) >= 11 is 0. The zero-order valence-corrected chi connectivity index (χ0v) is 37.7. The molecule has 5 saturated carbocycles.